The van der Waals surface area contributed by atoms with Gasteiger partial charge in [-0.1, -0.05) is 11.6 Å². The third kappa shape index (κ3) is 7.38. The number of fused-ring (bicyclic) bond motifs is 1. The van der Waals surface area contributed by atoms with Crippen molar-refractivity contribution in [3.63, 3.8) is 0 Å². The standard InChI is InChI=1S/C32H40ClF3N8O3S/c1-20-15-25(24(33)17-27(20)44-8-5-22(6-9-44)43-12-10-41(2)11-13-43)39-31-37-19-23(32(34,35)36)30(40-31)38-26-18-29-21(7-14-47-29)16-28(26)42(3)48(4,45)46/h15-19,22H,5-14H2,1-4H3,(H2,37,38,39,40). The number of nitrogens with one attached hydrogen (secondary N) is 2. The average molecular weight is 709 g/mol. The summed E-state index contributed by atoms with van der Waals surface area (Å²) in [6.45, 7) is 8.53. The van der Waals surface area contributed by atoms with Crippen LogP contribution in [0.15, 0.2) is 30.5 Å². The Bertz CT molecular complexity index is 1780. The van der Waals surface area contributed by atoms with Crippen LogP contribution in [-0.4, -0.2) is 100 Å². The molecule has 4 heterocycles. The van der Waals surface area contributed by atoms with Gasteiger partial charge in [0.05, 0.1) is 34.9 Å². The minimum atomic E-state index is -4.80. The molecule has 0 atom stereocenters. The van der Waals surface area contributed by atoms with E-state index in [2.05, 4.69) is 42.3 Å². The Balaban J connectivity index is 1.24. The highest BCUT2D eigenvalue weighted by Gasteiger charge is 2.36. The van der Waals surface area contributed by atoms with Crippen LogP contribution in [0.1, 0.15) is 29.5 Å². The normalized spacial score (nSPS) is 18.0. The fourth-order valence-electron chi connectivity index (χ4n) is 6.51. The van der Waals surface area contributed by atoms with Crippen molar-refractivity contribution in [3.05, 3.63) is 52.2 Å². The van der Waals surface area contributed by atoms with Gasteiger partial charge >= 0.3 is 6.18 Å². The average Bonchev–Trinajstić information content (AvgIpc) is 3.49. The number of halogens is 4. The Morgan fingerprint density at radius 2 is 1.73 bits per heavy atom. The molecular weight excluding hydrogens is 669 g/mol. The van der Waals surface area contributed by atoms with Crippen molar-refractivity contribution in [1.82, 2.24) is 19.8 Å². The highest BCUT2D eigenvalue weighted by atomic mass is 35.5. The fraction of sp³-hybridized carbons (Fsp3) is 0.500. The third-order valence-corrected chi connectivity index (χ3v) is 10.9. The minimum absolute atomic E-state index is 0.0772. The van der Waals surface area contributed by atoms with E-state index in [0.717, 1.165) is 79.5 Å². The molecule has 16 heteroatoms. The lowest BCUT2D eigenvalue weighted by Gasteiger charge is -2.43. The van der Waals surface area contributed by atoms with Crippen molar-refractivity contribution in [2.24, 2.45) is 0 Å². The maximum absolute atomic E-state index is 14.2. The van der Waals surface area contributed by atoms with Crippen LogP contribution in [0.5, 0.6) is 5.75 Å². The number of aryl methyl sites for hydroxylation is 1. The summed E-state index contributed by atoms with van der Waals surface area (Å²) in [5, 5.41) is 6.08. The maximum Gasteiger partial charge on any atom is 0.421 e. The molecule has 2 aromatic carbocycles. The molecular formula is C32H40ClF3N8O3S. The van der Waals surface area contributed by atoms with Gasteiger partial charge in [0.2, 0.25) is 16.0 Å². The number of piperazine rings is 1. The molecule has 260 valence electrons. The largest absolute Gasteiger partial charge is 0.493 e. The number of sulfonamides is 1. The Morgan fingerprint density at radius 1 is 1.02 bits per heavy atom. The monoisotopic (exact) mass is 708 g/mol. The number of ether oxygens (including phenoxy) is 1. The summed E-state index contributed by atoms with van der Waals surface area (Å²) in [4.78, 5) is 15.4. The number of piperidine rings is 1. The summed E-state index contributed by atoms with van der Waals surface area (Å²) in [7, 11) is -0.250. The summed E-state index contributed by atoms with van der Waals surface area (Å²) in [6, 6.07) is 7.37. The zero-order chi connectivity index (χ0) is 34.4. The number of alkyl halides is 3. The number of benzene rings is 2. The fourth-order valence-corrected chi connectivity index (χ4v) is 7.22. The van der Waals surface area contributed by atoms with Gasteiger partial charge in [-0.25, -0.2) is 13.4 Å². The number of aromatic nitrogens is 2. The second-order valence-electron chi connectivity index (χ2n) is 12.7. The molecule has 1 aromatic heterocycles. The Kier molecular flexibility index (Phi) is 9.59. The van der Waals surface area contributed by atoms with E-state index >= 15 is 0 Å². The molecule has 2 N–H and O–H groups in total. The number of hydrogen-bond donors (Lipinski definition) is 2. The SMILES string of the molecule is Cc1cc(Nc2ncc(C(F)(F)F)c(Nc3cc4c(cc3N(C)S(C)(=O)=O)CCO4)n2)c(Cl)cc1N1CCC(N2CCN(C)CC2)CC1. The summed E-state index contributed by atoms with van der Waals surface area (Å²) in [5.41, 5.74) is 2.27. The molecule has 0 radical (unpaired) electrons. The highest BCUT2D eigenvalue weighted by Crippen LogP contribution is 2.42. The van der Waals surface area contributed by atoms with Gasteiger partial charge < -0.3 is 25.2 Å². The summed E-state index contributed by atoms with van der Waals surface area (Å²) in [5.74, 6) is -0.230. The Morgan fingerprint density at radius 3 is 2.40 bits per heavy atom. The predicted octanol–water partition coefficient (Wildman–Crippen LogP) is 5.49. The van der Waals surface area contributed by atoms with E-state index in [4.69, 9.17) is 16.3 Å². The minimum Gasteiger partial charge on any atom is -0.493 e. The van der Waals surface area contributed by atoms with E-state index in [1.54, 1.807) is 6.07 Å². The number of hydrogen-bond acceptors (Lipinski definition) is 10. The predicted molar refractivity (Wildman–Crippen MR) is 183 cm³/mol. The van der Waals surface area contributed by atoms with Crippen LogP contribution in [0.3, 0.4) is 0 Å². The van der Waals surface area contributed by atoms with E-state index in [1.807, 2.05) is 19.1 Å². The van der Waals surface area contributed by atoms with Gasteiger partial charge in [0, 0.05) is 76.7 Å². The molecule has 0 unspecified atom stereocenters. The van der Waals surface area contributed by atoms with Crippen LogP contribution in [0.4, 0.5) is 47.7 Å². The Hall–Kier alpha value is -3.53. The summed E-state index contributed by atoms with van der Waals surface area (Å²) >= 11 is 6.73. The van der Waals surface area contributed by atoms with Gasteiger partial charge in [-0.15, -0.1) is 0 Å². The van der Waals surface area contributed by atoms with Crippen LogP contribution >= 0.6 is 11.6 Å². The van der Waals surface area contributed by atoms with E-state index in [9.17, 15) is 21.6 Å². The molecule has 6 rings (SSSR count). The molecule has 48 heavy (non-hydrogen) atoms. The van der Waals surface area contributed by atoms with Crippen LogP contribution in [0, 0.1) is 6.92 Å². The molecule has 3 aromatic rings. The van der Waals surface area contributed by atoms with E-state index in [0.29, 0.717) is 41.7 Å². The number of anilines is 6. The van der Waals surface area contributed by atoms with Crippen LogP contribution in [0.25, 0.3) is 0 Å². The van der Waals surface area contributed by atoms with Crippen molar-refractivity contribution in [1.29, 1.82) is 0 Å². The number of rotatable bonds is 8. The molecule has 2 saturated heterocycles. The second kappa shape index (κ2) is 13.4. The molecule has 11 nitrogen and oxygen atoms in total. The Labute approximate surface area is 284 Å². The zero-order valence-corrected chi connectivity index (χ0v) is 28.9. The van der Waals surface area contributed by atoms with E-state index in [1.165, 1.54) is 13.1 Å². The topological polar surface area (TPSA) is 106 Å². The smallest absolute Gasteiger partial charge is 0.421 e. The lowest BCUT2D eigenvalue weighted by atomic mass is 10.0. The lowest BCUT2D eigenvalue weighted by molar-refractivity contribution is -0.137. The molecule has 0 aliphatic carbocycles. The zero-order valence-electron chi connectivity index (χ0n) is 27.4. The van der Waals surface area contributed by atoms with Gasteiger partial charge in [0.1, 0.15) is 17.1 Å². The molecule has 0 bridgehead atoms. The van der Waals surface area contributed by atoms with Gasteiger partial charge in [0.25, 0.3) is 0 Å². The first-order valence-corrected chi connectivity index (χ1v) is 18.1. The van der Waals surface area contributed by atoms with Crippen LogP contribution in [0.2, 0.25) is 5.02 Å². The molecule has 0 spiro atoms. The first-order valence-electron chi connectivity index (χ1n) is 15.9. The molecule has 2 fully saturated rings. The number of likely N-dealkylation sites (N-methyl/N-ethyl adjacent to an activating group) is 1. The van der Waals surface area contributed by atoms with Crippen molar-refractivity contribution < 1.29 is 26.3 Å². The number of nitrogens with zero attached hydrogens (tertiary/aromatic N) is 6. The second-order valence-corrected chi connectivity index (χ2v) is 15.1. The lowest BCUT2D eigenvalue weighted by Crippen LogP contribution is -2.52. The summed E-state index contributed by atoms with van der Waals surface area (Å²) < 4.78 is 73.9. The molecule has 3 aliphatic rings. The molecule has 0 amide bonds. The van der Waals surface area contributed by atoms with Crippen LogP contribution in [-0.2, 0) is 22.6 Å². The first kappa shape index (κ1) is 34.3. The van der Waals surface area contributed by atoms with Crippen molar-refractivity contribution in [2.45, 2.75) is 38.4 Å². The quantitative estimate of drug-likeness (QED) is 0.312. The van der Waals surface area contributed by atoms with Gasteiger partial charge in [-0.05, 0) is 56.1 Å². The van der Waals surface area contributed by atoms with Gasteiger partial charge in [-0.2, -0.15) is 18.2 Å². The van der Waals surface area contributed by atoms with Gasteiger partial charge in [0.15, 0.2) is 0 Å². The third-order valence-electron chi connectivity index (χ3n) is 9.38. The van der Waals surface area contributed by atoms with E-state index in [-0.39, 0.29) is 17.3 Å². The van der Waals surface area contributed by atoms with E-state index < -0.39 is 27.6 Å². The molecule has 0 saturated carbocycles. The van der Waals surface area contributed by atoms with Crippen molar-refractivity contribution >= 4 is 56.1 Å². The maximum atomic E-state index is 14.2. The summed E-state index contributed by atoms with van der Waals surface area (Å²) in [6.07, 6.45) is -0.431. The first-order chi connectivity index (χ1) is 22.7. The molecule has 3 aliphatic heterocycles. The van der Waals surface area contributed by atoms with Crippen LogP contribution < -0.4 is 24.6 Å². The van der Waals surface area contributed by atoms with Gasteiger partial charge in [-0.3, -0.25) is 9.21 Å². The van der Waals surface area contributed by atoms with Crippen molar-refractivity contribution in [3.8, 4) is 5.75 Å². The van der Waals surface area contributed by atoms with Crippen molar-refractivity contribution in [2.75, 3.05) is 86.1 Å². The highest BCUT2D eigenvalue weighted by molar-refractivity contribution is 7.92.